The summed E-state index contributed by atoms with van der Waals surface area (Å²) in [6.07, 6.45) is 0. The van der Waals surface area contributed by atoms with Crippen molar-refractivity contribution in [3.63, 3.8) is 0 Å². The van der Waals surface area contributed by atoms with E-state index in [1.165, 1.54) is 87.8 Å². The zero-order valence-corrected chi connectivity index (χ0v) is 23.9. The first-order chi connectivity index (χ1) is 21.9. The van der Waals surface area contributed by atoms with Gasteiger partial charge in [-0.25, -0.2) is 0 Å². The molecule has 0 aliphatic carbocycles. The molecule has 2 heteroatoms. The molecule has 0 spiro atoms. The predicted octanol–water partition coefficient (Wildman–Crippen LogP) is 11.3. The van der Waals surface area contributed by atoms with Gasteiger partial charge >= 0.3 is 0 Å². The molecule has 10 rings (SSSR count). The standard InChI is InChI=1S/C42H26N2/c1-3-12-27(13-4-1)29-22-23-30(28-14-5-2-6-15-28)39(26-29)43-36-21-10-8-17-33(36)40-37(43)24-25-38-41(40)34-19-11-18-32-31-16-7-9-20-35(31)44(38)42(32)34/h1-26H. The smallest absolute Gasteiger partial charge is 0.0620 e. The summed E-state index contributed by atoms with van der Waals surface area (Å²) in [4.78, 5) is 0. The second-order valence-corrected chi connectivity index (χ2v) is 11.7. The Balaban J connectivity index is 1.39. The molecule has 0 amide bonds. The Kier molecular flexibility index (Phi) is 4.75. The summed E-state index contributed by atoms with van der Waals surface area (Å²) < 4.78 is 4.97. The van der Waals surface area contributed by atoms with Crippen molar-refractivity contribution < 1.29 is 0 Å². The van der Waals surface area contributed by atoms with Crippen LogP contribution >= 0.6 is 0 Å². The van der Waals surface area contributed by atoms with Crippen LogP contribution < -0.4 is 0 Å². The van der Waals surface area contributed by atoms with Crippen molar-refractivity contribution in [3.05, 3.63) is 158 Å². The van der Waals surface area contributed by atoms with Gasteiger partial charge in [-0.2, -0.15) is 0 Å². The number of rotatable bonds is 3. The van der Waals surface area contributed by atoms with Crippen LogP contribution in [0.15, 0.2) is 158 Å². The van der Waals surface area contributed by atoms with Gasteiger partial charge in [0.15, 0.2) is 0 Å². The maximum Gasteiger partial charge on any atom is 0.0620 e. The highest BCUT2D eigenvalue weighted by Crippen LogP contribution is 2.45. The van der Waals surface area contributed by atoms with Crippen LogP contribution in [0.5, 0.6) is 0 Å². The molecule has 44 heavy (non-hydrogen) atoms. The van der Waals surface area contributed by atoms with Gasteiger partial charge < -0.3 is 8.97 Å². The molecule has 0 fully saturated rings. The summed E-state index contributed by atoms with van der Waals surface area (Å²) in [6.45, 7) is 0. The van der Waals surface area contributed by atoms with E-state index in [-0.39, 0.29) is 0 Å². The van der Waals surface area contributed by atoms with Crippen molar-refractivity contribution in [2.75, 3.05) is 0 Å². The average molecular weight is 559 g/mol. The highest BCUT2D eigenvalue weighted by atomic mass is 15.0. The Hall–Kier alpha value is -5.86. The topological polar surface area (TPSA) is 9.34 Å². The average Bonchev–Trinajstić information content (AvgIpc) is 3.74. The fourth-order valence-corrected chi connectivity index (χ4v) is 7.63. The van der Waals surface area contributed by atoms with Crippen LogP contribution in [-0.4, -0.2) is 8.97 Å². The molecule has 0 radical (unpaired) electrons. The van der Waals surface area contributed by atoms with Gasteiger partial charge in [0, 0.05) is 37.9 Å². The number of hydrogen-bond donors (Lipinski definition) is 0. The van der Waals surface area contributed by atoms with Crippen LogP contribution in [0.2, 0.25) is 0 Å². The molecule has 0 aliphatic heterocycles. The van der Waals surface area contributed by atoms with Crippen LogP contribution in [0.3, 0.4) is 0 Å². The van der Waals surface area contributed by atoms with Gasteiger partial charge in [-0.05, 0) is 47.0 Å². The van der Waals surface area contributed by atoms with E-state index >= 15 is 0 Å². The van der Waals surface area contributed by atoms with E-state index < -0.39 is 0 Å². The Labute approximate surface area is 254 Å². The normalized spacial score (nSPS) is 12.1. The summed E-state index contributed by atoms with van der Waals surface area (Å²) in [5.41, 5.74) is 12.3. The number of para-hydroxylation sites is 3. The van der Waals surface area contributed by atoms with Crippen molar-refractivity contribution >= 4 is 59.9 Å². The summed E-state index contributed by atoms with van der Waals surface area (Å²) in [6, 6.07) is 57.6. The number of hydrogen-bond acceptors (Lipinski definition) is 0. The Bertz CT molecular complexity index is 2690. The molecule has 7 aromatic carbocycles. The molecule has 0 unspecified atom stereocenters. The third-order valence-electron chi connectivity index (χ3n) is 9.45. The lowest BCUT2D eigenvalue weighted by atomic mass is 9.98. The lowest BCUT2D eigenvalue weighted by Crippen LogP contribution is -1.98. The van der Waals surface area contributed by atoms with Crippen molar-refractivity contribution in [2.24, 2.45) is 0 Å². The van der Waals surface area contributed by atoms with Crippen molar-refractivity contribution in [2.45, 2.75) is 0 Å². The first kappa shape index (κ1) is 23.7. The molecule has 3 aromatic heterocycles. The molecular weight excluding hydrogens is 532 g/mol. The van der Waals surface area contributed by atoms with Crippen LogP contribution in [0.25, 0.3) is 87.8 Å². The monoisotopic (exact) mass is 558 g/mol. The minimum absolute atomic E-state index is 1.19. The second-order valence-electron chi connectivity index (χ2n) is 11.7. The van der Waals surface area contributed by atoms with Gasteiger partial charge in [0.25, 0.3) is 0 Å². The molecule has 0 saturated carbocycles. The zero-order valence-electron chi connectivity index (χ0n) is 23.9. The van der Waals surface area contributed by atoms with Crippen LogP contribution in [0.1, 0.15) is 0 Å². The first-order valence-corrected chi connectivity index (χ1v) is 15.2. The minimum Gasteiger partial charge on any atom is -0.309 e. The maximum absolute atomic E-state index is 2.49. The number of fused-ring (bicyclic) bond motifs is 10. The number of nitrogens with zero attached hydrogens (tertiary/aromatic N) is 2. The second kappa shape index (κ2) is 8.82. The zero-order chi connectivity index (χ0) is 28.8. The number of aromatic nitrogens is 2. The molecule has 0 bridgehead atoms. The summed E-state index contributed by atoms with van der Waals surface area (Å²) in [5, 5.41) is 7.83. The summed E-state index contributed by atoms with van der Waals surface area (Å²) >= 11 is 0. The number of benzene rings is 7. The highest BCUT2D eigenvalue weighted by Gasteiger charge is 2.23. The van der Waals surface area contributed by atoms with Crippen LogP contribution in [0, 0.1) is 0 Å². The highest BCUT2D eigenvalue weighted by molar-refractivity contribution is 6.33. The van der Waals surface area contributed by atoms with Crippen molar-refractivity contribution in [3.8, 4) is 27.9 Å². The SMILES string of the molecule is c1ccc(-c2ccc(-c3ccccc3)c(-n3c4ccccc4c4c5c6cccc7c8ccccc8n(c5ccc43)c76)c2)cc1. The molecule has 204 valence electrons. The molecule has 0 saturated heterocycles. The Morgan fingerprint density at radius 2 is 0.955 bits per heavy atom. The largest absolute Gasteiger partial charge is 0.309 e. The first-order valence-electron chi connectivity index (χ1n) is 15.2. The fraction of sp³-hybridized carbons (Fsp3) is 0. The van der Waals surface area contributed by atoms with Crippen LogP contribution in [0.4, 0.5) is 0 Å². The van der Waals surface area contributed by atoms with Gasteiger partial charge in [-0.1, -0.05) is 127 Å². The molecule has 0 N–H and O–H groups in total. The Morgan fingerprint density at radius 3 is 1.77 bits per heavy atom. The molecule has 10 aromatic rings. The molecule has 2 nitrogen and oxygen atoms in total. The fourth-order valence-electron chi connectivity index (χ4n) is 7.63. The van der Waals surface area contributed by atoms with E-state index in [1.807, 2.05) is 0 Å². The molecule has 0 aliphatic rings. The summed E-state index contributed by atoms with van der Waals surface area (Å²) in [7, 11) is 0. The van der Waals surface area contributed by atoms with Crippen molar-refractivity contribution in [1.29, 1.82) is 0 Å². The van der Waals surface area contributed by atoms with E-state index in [1.54, 1.807) is 0 Å². The van der Waals surface area contributed by atoms with Gasteiger partial charge in [-0.3, -0.25) is 0 Å². The minimum atomic E-state index is 1.19. The van der Waals surface area contributed by atoms with Gasteiger partial charge in [0.2, 0.25) is 0 Å². The van der Waals surface area contributed by atoms with Gasteiger partial charge in [0.05, 0.1) is 33.3 Å². The predicted molar refractivity (Wildman–Crippen MR) is 186 cm³/mol. The molecule has 0 atom stereocenters. The third-order valence-corrected chi connectivity index (χ3v) is 9.45. The third kappa shape index (κ3) is 3.09. The van der Waals surface area contributed by atoms with Gasteiger partial charge in [0.1, 0.15) is 0 Å². The quantitative estimate of drug-likeness (QED) is 0.204. The Morgan fingerprint density at radius 1 is 0.341 bits per heavy atom. The van der Waals surface area contributed by atoms with Crippen LogP contribution in [-0.2, 0) is 0 Å². The van der Waals surface area contributed by atoms with Gasteiger partial charge in [-0.15, -0.1) is 0 Å². The molecular formula is C42H26N2. The van der Waals surface area contributed by atoms with E-state index in [0.717, 1.165) is 0 Å². The summed E-state index contributed by atoms with van der Waals surface area (Å²) in [5.74, 6) is 0. The van der Waals surface area contributed by atoms with E-state index in [0.29, 0.717) is 0 Å². The lowest BCUT2D eigenvalue weighted by Gasteiger charge is -2.16. The molecule has 3 heterocycles. The maximum atomic E-state index is 2.49. The van der Waals surface area contributed by atoms with E-state index in [4.69, 9.17) is 0 Å². The van der Waals surface area contributed by atoms with Crippen molar-refractivity contribution in [1.82, 2.24) is 8.97 Å². The van der Waals surface area contributed by atoms with E-state index in [9.17, 15) is 0 Å². The lowest BCUT2D eigenvalue weighted by molar-refractivity contribution is 1.18. The van der Waals surface area contributed by atoms with E-state index in [2.05, 4.69) is 167 Å².